The van der Waals surface area contributed by atoms with E-state index in [1.165, 1.54) is 17.0 Å². The molecule has 0 aliphatic carbocycles. The first-order valence-electron chi connectivity index (χ1n) is 9.99. The summed E-state index contributed by atoms with van der Waals surface area (Å²) in [7, 11) is 0. The molecule has 5 N–H and O–H groups in total. The van der Waals surface area contributed by atoms with E-state index in [1.54, 1.807) is 31.2 Å². The number of phenols is 1. The van der Waals surface area contributed by atoms with Gasteiger partial charge in [0.05, 0.1) is 22.9 Å². The SMILES string of the molecule is CCC(C(=O)O)C(NC(=O)C1CC(=O)N(c2cccc(N)c2)C1)c1cc(Cl)cc(Cl)c1O. The lowest BCUT2D eigenvalue weighted by atomic mass is 9.89. The van der Waals surface area contributed by atoms with Crippen molar-refractivity contribution in [3.05, 3.63) is 52.0 Å². The van der Waals surface area contributed by atoms with Crippen molar-refractivity contribution < 1.29 is 24.6 Å². The van der Waals surface area contributed by atoms with E-state index < -0.39 is 29.8 Å². The maximum absolute atomic E-state index is 13.1. The molecule has 0 radical (unpaired) electrons. The number of anilines is 2. The van der Waals surface area contributed by atoms with Crippen LogP contribution in [-0.2, 0) is 14.4 Å². The minimum absolute atomic E-state index is 0.0422. The van der Waals surface area contributed by atoms with Crippen LogP contribution < -0.4 is 16.0 Å². The average Bonchev–Trinajstić information content (AvgIpc) is 3.12. The molecule has 2 aromatic rings. The van der Waals surface area contributed by atoms with Crippen molar-refractivity contribution in [2.75, 3.05) is 17.2 Å². The summed E-state index contributed by atoms with van der Waals surface area (Å²) >= 11 is 12.1. The summed E-state index contributed by atoms with van der Waals surface area (Å²) in [5, 5.41) is 23.0. The van der Waals surface area contributed by atoms with Crippen molar-refractivity contribution in [3.8, 4) is 5.75 Å². The monoisotopic (exact) mass is 479 g/mol. The van der Waals surface area contributed by atoms with Gasteiger partial charge in [-0.05, 0) is 36.8 Å². The molecule has 10 heteroatoms. The highest BCUT2D eigenvalue weighted by molar-refractivity contribution is 6.35. The number of carbonyl (C=O) groups is 3. The Labute approximate surface area is 194 Å². The van der Waals surface area contributed by atoms with Gasteiger partial charge in [0.2, 0.25) is 11.8 Å². The van der Waals surface area contributed by atoms with Crippen LogP contribution >= 0.6 is 23.2 Å². The number of aromatic hydroxyl groups is 1. The first kappa shape index (κ1) is 23.7. The fraction of sp³-hybridized carbons (Fsp3) is 0.318. The van der Waals surface area contributed by atoms with Gasteiger partial charge in [0.25, 0.3) is 0 Å². The fourth-order valence-electron chi connectivity index (χ4n) is 3.87. The Balaban J connectivity index is 1.88. The summed E-state index contributed by atoms with van der Waals surface area (Å²) in [6.07, 6.45) is 0.127. The lowest BCUT2D eigenvalue weighted by Crippen LogP contribution is -2.40. The number of amides is 2. The Morgan fingerprint density at radius 1 is 1.28 bits per heavy atom. The van der Waals surface area contributed by atoms with Gasteiger partial charge >= 0.3 is 5.97 Å². The summed E-state index contributed by atoms with van der Waals surface area (Å²) in [5.41, 5.74) is 6.96. The third-order valence-electron chi connectivity index (χ3n) is 5.53. The highest BCUT2D eigenvalue weighted by Gasteiger charge is 2.38. The van der Waals surface area contributed by atoms with Crippen molar-refractivity contribution in [1.29, 1.82) is 0 Å². The number of phenolic OH excluding ortho intramolecular Hbond substituents is 1. The molecular weight excluding hydrogens is 457 g/mol. The number of nitrogen functional groups attached to an aromatic ring is 1. The van der Waals surface area contributed by atoms with Gasteiger partial charge in [-0.15, -0.1) is 0 Å². The van der Waals surface area contributed by atoms with E-state index in [0.29, 0.717) is 11.4 Å². The lowest BCUT2D eigenvalue weighted by molar-refractivity contribution is -0.143. The molecule has 0 spiro atoms. The van der Waals surface area contributed by atoms with Gasteiger partial charge in [-0.25, -0.2) is 0 Å². The topological polar surface area (TPSA) is 133 Å². The normalized spacial score (nSPS) is 17.8. The predicted molar refractivity (Wildman–Crippen MR) is 122 cm³/mol. The molecule has 32 heavy (non-hydrogen) atoms. The van der Waals surface area contributed by atoms with Crippen molar-refractivity contribution in [3.63, 3.8) is 0 Å². The van der Waals surface area contributed by atoms with Crippen molar-refractivity contribution in [1.82, 2.24) is 5.32 Å². The van der Waals surface area contributed by atoms with Crippen LogP contribution in [0.3, 0.4) is 0 Å². The van der Waals surface area contributed by atoms with Crippen molar-refractivity contribution in [2.24, 2.45) is 11.8 Å². The van der Waals surface area contributed by atoms with Crippen molar-refractivity contribution >= 4 is 52.4 Å². The summed E-state index contributed by atoms with van der Waals surface area (Å²) in [6, 6.07) is 8.37. The number of hydrogen-bond acceptors (Lipinski definition) is 5. The molecule has 170 valence electrons. The molecule has 0 bridgehead atoms. The van der Waals surface area contributed by atoms with Gasteiger partial charge in [0.1, 0.15) is 5.75 Å². The Morgan fingerprint density at radius 3 is 2.62 bits per heavy atom. The van der Waals surface area contributed by atoms with Gasteiger partial charge in [0, 0.05) is 34.9 Å². The van der Waals surface area contributed by atoms with E-state index in [0.717, 1.165) is 0 Å². The summed E-state index contributed by atoms with van der Waals surface area (Å²) in [6.45, 7) is 1.77. The molecule has 1 fully saturated rings. The molecule has 0 aromatic heterocycles. The van der Waals surface area contributed by atoms with Gasteiger partial charge < -0.3 is 26.2 Å². The van der Waals surface area contributed by atoms with Crippen molar-refractivity contribution in [2.45, 2.75) is 25.8 Å². The molecule has 1 heterocycles. The molecule has 8 nitrogen and oxygen atoms in total. The van der Waals surface area contributed by atoms with E-state index >= 15 is 0 Å². The molecule has 1 saturated heterocycles. The fourth-order valence-corrected chi connectivity index (χ4v) is 4.38. The average molecular weight is 480 g/mol. The first-order valence-corrected chi connectivity index (χ1v) is 10.7. The first-order chi connectivity index (χ1) is 15.1. The minimum atomic E-state index is -1.16. The number of benzene rings is 2. The molecule has 2 aromatic carbocycles. The van der Waals surface area contributed by atoms with Gasteiger partial charge in [0.15, 0.2) is 0 Å². The summed E-state index contributed by atoms with van der Waals surface area (Å²) < 4.78 is 0. The standard InChI is InChI=1S/C22H23Cl2N3O5/c1-2-15(22(31)32)19(16-7-12(23)8-17(24)20(16)29)26-21(30)11-6-18(28)27(10-11)14-5-3-4-13(25)9-14/h3-5,7-9,11,15,19,29H,2,6,10,25H2,1H3,(H,26,30)(H,31,32). The number of rotatable bonds is 7. The Kier molecular flexibility index (Phi) is 7.16. The molecule has 3 unspecified atom stereocenters. The van der Waals surface area contributed by atoms with Crippen LogP contribution in [0.25, 0.3) is 0 Å². The third kappa shape index (κ3) is 4.92. The number of carboxylic acid groups (broad SMARTS) is 1. The number of nitrogens with one attached hydrogen (secondary N) is 1. The number of halogens is 2. The second-order valence-electron chi connectivity index (χ2n) is 7.67. The number of aliphatic carboxylic acids is 1. The predicted octanol–water partition coefficient (Wildman–Crippen LogP) is 3.60. The molecular formula is C22H23Cl2N3O5. The minimum Gasteiger partial charge on any atom is -0.506 e. The van der Waals surface area contributed by atoms with E-state index in [2.05, 4.69) is 5.32 Å². The van der Waals surface area contributed by atoms with Crippen LogP contribution in [-0.4, -0.2) is 34.5 Å². The van der Waals surface area contributed by atoms with Crippen LogP contribution in [0, 0.1) is 11.8 Å². The van der Waals surface area contributed by atoms with E-state index in [1.807, 2.05) is 0 Å². The maximum Gasteiger partial charge on any atom is 0.308 e. The Hall–Kier alpha value is -2.97. The molecule has 3 atom stereocenters. The Bertz CT molecular complexity index is 1060. The van der Waals surface area contributed by atoms with Crippen LogP contribution in [0.2, 0.25) is 10.0 Å². The molecule has 3 rings (SSSR count). The second kappa shape index (κ2) is 9.67. The van der Waals surface area contributed by atoms with Crippen LogP contribution in [0.15, 0.2) is 36.4 Å². The number of nitrogens with zero attached hydrogens (tertiary/aromatic N) is 1. The summed E-state index contributed by atoms with van der Waals surface area (Å²) in [4.78, 5) is 39.0. The zero-order chi connectivity index (χ0) is 23.6. The maximum atomic E-state index is 13.1. The Morgan fingerprint density at radius 2 is 2.00 bits per heavy atom. The number of hydrogen-bond donors (Lipinski definition) is 4. The van der Waals surface area contributed by atoms with Gasteiger partial charge in [-0.2, -0.15) is 0 Å². The molecule has 0 saturated carbocycles. The second-order valence-corrected chi connectivity index (χ2v) is 8.51. The third-order valence-corrected chi connectivity index (χ3v) is 6.03. The highest BCUT2D eigenvalue weighted by Crippen LogP contribution is 2.39. The quantitative estimate of drug-likeness (QED) is 0.448. The zero-order valence-corrected chi connectivity index (χ0v) is 18.7. The largest absolute Gasteiger partial charge is 0.506 e. The van der Waals surface area contributed by atoms with Gasteiger partial charge in [-0.3, -0.25) is 14.4 Å². The number of carbonyl (C=O) groups excluding carboxylic acids is 2. The van der Waals surface area contributed by atoms with Crippen LogP contribution in [0.1, 0.15) is 31.4 Å². The number of nitrogens with two attached hydrogens (primary N) is 1. The molecule has 1 aliphatic heterocycles. The van der Waals surface area contributed by atoms with Gasteiger partial charge in [-0.1, -0.05) is 36.2 Å². The molecule has 2 amide bonds. The molecule has 1 aliphatic rings. The van der Waals surface area contributed by atoms with E-state index in [4.69, 9.17) is 28.9 Å². The van der Waals surface area contributed by atoms with Crippen LogP contribution in [0.5, 0.6) is 5.75 Å². The zero-order valence-electron chi connectivity index (χ0n) is 17.2. The highest BCUT2D eigenvalue weighted by atomic mass is 35.5. The lowest BCUT2D eigenvalue weighted by Gasteiger charge is -2.27. The van der Waals surface area contributed by atoms with E-state index in [9.17, 15) is 24.6 Å². The number of carboxylic acids is 1. The smallest absolute Gasteiger partial charge is 0.308 e. The van der Waals surface area contributed by atoms with Crippen LogP contribution in [0.4, 0.5) is 11.4 Å². The summed E-state index contributed by atoms with van der Waals surface area (Å²) in [5.74, 6) is -4.03. The van der Waals surface area contributed by atoms with E-state index in [-0.39, 0.29) is 46.7 Å².